The Labute approximate surface area is 120 Å². The Hall–Kier alpha value is -1.74. The first-order chi connectivity index (χ1) is 9.74. The maximum absolute atomic E-state index is 4.45. The fourth-order valence-electron chi connectivity index (χ4n) is 3.05. The fraction of sp³-hybridized carbons (Fsp3) is 0.412. The molecule has 20 heavy (non-hydrogen) atoms. The summed E-state index contributed by atoms with van der Waals surface area (Å²) in [6, 6.07) is 11.2. The van der Waals surface area contributed by atoms with E-state index >= 15 is 0 Å². The third-order valence-corrected chi connectivity index (χ3v) is 4.15. The van der Waals surface area contributed by atoms with Gasteiger partial charge in [0.05, 0.1) is 5.69 Å². The van der Waals surface area contributed by atoms with Crippen molar-refractivity contribution < 1.29 is 0 Å². The topological polar surface area (TPSA) is 37.8 Å². The minimum atomic E-state index is 0.442. The number of nitrogens with one attached hydrogen (secondary N) is 1. The predicted octanol–water partition coefficient (Wildman–Crippen LogP) is 3.51. The lowest BCUT2D eigenvalue weighted by Crippen LogP contribution is -2.26. The second kappa shape index (κ2) is 5.71. The molecular weight excluding hydrogens is 246 g/mol. The first-order valence-corrected chi connectivity index (χ1v) is 7.35. The highest BCUT2D eigenvalue weighted by atomic mass is 15.0. The standard InChI is InChI=1S/C17H21N3/c1-12-7-8-17(16-6-4-3-5-15(12)16)19-11-14-9-10-18-13(2)20-14/h3-6,9-10,12,17,19H,7-8,11H2,1-2H3. The van der Waals surface area contributed by atoms with Crippen molar-refractivity contribution >= 4 is 0 Å². The van der Waals surface area contributed by atoms with Crippen molar-refractivity contribution in [3.05, 3.63) is 59.2 Å². The molecule has 104 valence electrons. The zero-order chi connectivity index (χ0) is 13.9. The molecule has 3 rings (SSSR count). The fourth-order valence-corrected chi connectivity index (χ4v) is 3.05. The summed E-state index contributed by atoms with van der Waals surface area (Å²) in [5.41, 5.74) is 4.01. The molecular formula is C17H21N3. The molecule has 3 heteroatoms. The van der Waals surface area contributed by atoms with Crippen LogP contribution in [0.25, 0.3) is 0 Å². The minimum absolute atomic E-state index is 0.442. The van der Waals surface area contributed by atoms with Crippen LogP contribution in [-0.4, -0.2) is 9.97 Å². The SMILES string of the molecule is Cc1nccc(CNC2CCC(C)c3ccccc32)n1. The van der Waals surface area contributed by atoms with Gasteiger partial charge in [-0.3, -0.25) is 0 Å². The second-order valence-electron chi connectivity index (χ2n) is 5.64. The Balaban J connectivity index is 1.74. The van der Waals surface area contributed by atoms with Crippen LogP contribution in [-0.2, 0) is 6.54 Å². The van der Waals surface area contributed by atoms with Gasteiger partial charge in [0.1, 0.15) is 5.82 Å². The number of rotatable bonds is 3. The van der Waals surface area contributed by atoms with Crippen LogP contribution >= 0.6 is 0 Å². The molecule has 1 N–H and O–H groups in total. The van der Waals surface area contributed by atoms with Crippen LogP contribution < -0.4 is 5.32 Å². The summed E-state index contributed by atoms with van der Waals surface area (Å²) in [5.74, 6) is 1.51. The maximum atomic E-state index is 4.45. The van der Waals surface area contributed by atoms with Crippen LogP contribution in [0.1, 0.15) is 54.4 Å². The van der Waals surface area contributed by atoms with E-state index in [-0.39, 0.29) is 0 Å². The molecule has 1 aromatic carbocycles. The lowest BCUT2D eigenvalue weighted by molar-refractivity contribution is 0.429. The van der Waals surface area contributed by atoms with Crippen LogP contribution in [0.3, 0.4) is 0 Å². The molecule has 0 amide bonds. The molecule has 0 fully saturated rings. The van der Waals surface area contributed by atoms with Crippen LogP contribution in [0.4, 0.5) is 0 Å². The Morgan fingerprint density at radius 2 is 1.95 bits per heavy atom. The average molecular weight is 267 g/mol. The van der Waals surface area contributed by atoms with Gasteiger partial charge in [-0.25, -0.2) is 9.97 Å². The van der Waals surface area contributed by atoms with Crippen LogP contribution in [0.15, 0.2) is 36.5 Å². The molecule has 1 aliphatic carbocycles. The van der Waals surface area contributed by atoms with E-state index in [1.165, 1.54) is 24.0 Å². The monoisotopic (exact) mass is 267 g/mol. The molecule has 2 aromatic rings. The van der Waals surface area contributed by atoms with E-state index in [2.05, 4.69) is 46.5 Å². The lowest BCUT2D eigenvalue weighted by atomic mass is 9.81. The Morgan fingerprint density at radius 3 is 2.75 bits per heavy atom. The van der Waals surface area contributed by atoms with E-state index < -0.39 is 0 Å². The number of nitrogens with zero attached hydrogens (tertiary/aromatic N) is 2. The maximum Gasteiger partial charge on any atom is 0.125 e. The molecule has 1 aromatic heterocycles. The van der Waals surface area contributed by atoms with E-state index in [1.807, 2.05) is 19.2 Å². The average Bonchev–Trinajstić information content (AvgIpc) is 2.47. The molecule has 0 saturated carbocycles. The van der Waals surface area contributed by atoms with Crippen LogP contribution in [0, 0.1) is 6.92 Å². The first-order valence-electron chi connectivity index (χ1n) is 7.35. The van der Waals surface area contributed by atoms with E-state index in [9.17, 15) is 0 Å². The molecule has 2 unspecified atom stereocenters. The van der Waals surface area contributed by atoms with E-state index in [4.69, 9.17) is 0 Å². The van der Waals surface area contributed by atoms with Crippen molar-refractivity contribution in [3.8, 4) is 0 Å². The smallest absolute Gasteiger partial charge is 0.125 e. The number of hydrogen-bond donors (Lipinski definition) is 1. The molecule has 0 aliphatic heterocycles. The van der Waals surface area contributed by atoms with Crippen molar-refractivity contribution in [1.29, 1.82) is 0 Å². The second-order valence-corrected chi connectivity index (χ2v) is 5.64. The van der Waals surface area contributed by atoms with E-state index in [0.717, 1.165) is 18.1 Å². The molecule has 0 saturated heterocycles. The lowest BCUT2D eigenvalue weighted by Gasteiger charge is -2.30. The van der Waals surface area contributed by atoms with Gasteiger partial charge in [-0.2, -0.15) is 0 Å². The number of aromatic nitrogens is 2. The Morgan fingerprint density at radius 1 is 1.15 bits per heavy atom. The van der Waals surface area contributed by atoms with Crippen molar-refractivity contribution in [2.75, 3.05) is 0 Å². The Kier molecular flexibility index (Phi) is 3.79. The zero-order valence-corrected chi connectivity index (χ0v) is 12.1. The number of benzene rings is 1. The highest BCUT2D eigenvalue weighted by molar-refractivity contribution is 5.34. The van der Waals surface area contributed by atoms with Gasteiger partial charge in [-0.05, 0) is 42.9 Å². The highest BCUT2D eigenvalue weighted by Crippen LogP contribution is 2.36. The number of fused-ring (bicyclic) bond motifs is 1. The summed E-state index contributed by atoms with van der Waals surface area (Å²) >= 11 is 0. The molecule has 0 radical (unpaired) electrons. The largest absolute Gasteiger partial charge is 0.304 e. The van der Waals surface area contributed by atoms with Crippen molar-refractivity contribution in [2.45, 2.75) is 45.2 Å². The summed E-state index contributed by atoms with van der Waals surface area (Å²) in [6.07, 6.45) is 4.27. The third-order valence-electron chi connectivity index (χ3n) is 4.15. The van der Waals surface area contributed by atoms with Gasteiger partial charge in [-0.1, -0.05) is 31.2 Å². The minimum Gasteiger partial charge on any atom is -0.304 e. The normalized spacial score (nSPS) is 21.5. The van der Waals surface area contributed by atoms with Crippen LogP contribution in [0.5, 0.6) is 0 Å². The quantitative estimate of drug-likeness (QED) is 0.924. The molecule has 2 atom stereocenters. The van der Waals surface area contributed by atoms with Gasteiger partial charge >= 0.3 is 0 Å². The number of hydrogen-bond acceptors (Lipinski definition) is 3. The summed E-state index contributed by atoms with van der Waals surface area (Å²) in [7, 11) is 0. The summed E-state index contributed by atoms with van der Waals surface area (Å²) < 4.78 is 0. The Bertz CT molecular complexity index is 594. The van der Waals surface area contributed by atoms with Gasteiger partial charge < -0.3 is 5.32 Å². The van der Waals surface area contributed by atoms with Gasteiger partial charge in [0.2, 0.25) is 0 Å². The van der Waals surface area contributed by atoms with Crippen molar-refractivity contribution in [1.82, 2.24) is 15.3 Å². The predicted molar refractivity (Wildman–Crippen MR) is 80.4 cm³/mol. The van der Waals surface area contributed by atoms with Gasteiger partial charge in [-0.15, -0.1) is 0 Å². The van der Waals surface area contributed by atoms with Crippen molar-refractivity contribution in [2.24, 2.45) is 0 Å². The number of aryl methyl sites for hydroxylation is 1. The molecule has 3 nitrogen and oxygen atoms in total. The molecule has 0 spiro atoms. The first kappa shape index (κ1) is 13.3. The van der Waals surface area contributed by atoms with Gasteiger partial charge in [0, 0.05) is 18.8 Å². The highest BCUT2D eigenvalue weighted by Gasteiger charge is 2.23. The van der Waals surface area contributed by atoms with Gasteiger partial charge in [0.15, 0.2) is 0 Å². The third kappa shape index (κ3) is 2.73. The molecule has 0 bridgehead atoms. The summed E-state index contributed by atoms with van der Waals surface area (Å²) in [4.78, 5) is 8.60. The van der Waals surface area contributed by atoms with Crippen LogP contribution in [0.2, 0.25) is 0 Å². The van der Waals surface area contributed by atoms with E-state index in [0.29, 0.717) is 12.0 Å². The van der Waals surface area contributed by atoms with Gasteiger partial charge in [0.25, 0.3) is 0 Å². The summed E-state index contributed by atoms with van der Waals surface area (Å²) in [6.45, 7) is 5.06. The summed E-state index contributed by atoms with van der Waals surface area (Å²) in [5, 5.41) is 3.65. The van der Waals surface area contributed by atoms with E-state index in [1.54, 1.807) is 0 Å². The zero-order valence-electron chi connectivity index (χ0n) is 12.1. The molecule has 1 heterocycles. The van der Waals surface area contributed by atoms with Crippen molar-refractivity contribution in [3.63, 3.8) is 0 Å². The molecule has 1 aliphatic rings.